The number of amides is 1. The summed E-state index contributed by atoms with van der Waals surface area (Å²) in [4.78, 5) is 34.4. The van der Waals surface area contributed by atoms with Crippen molar-refractivity contribution in [2.24, 2.45) is 0 Å². The molecular formula is C11H9ClN4O3. The molecule has 19 heavy (non-hydrogen) atoms. The topological polar surface area (TPSA) is 96.8 Å². The van der Waals surface area contributed by atoms with Gasteiger partial charge in [-0.2, -0.15) is 9.77 Å². The van der Waals surface area contributed by atoms with Crippen LogP contribution in [0.4, 0.5) is 0 Å². The number of carbonyl (C=O) groups excluding carboxylic acids is 1. The molecule has 0 bridgehead atoms. The summed E-state index contributed by atoms with van der Waals surface area (Å²) in [6, 6.07) is 6.43. The van der Waals surface area contributed by atoms with Crippen LogP contribution in [-0.2, 0) is 4.79 Å². The Morgan fingerprint density at radius 2 is 2.16 bits per heavy atom. The Morgan fingerprint density at radius 3 is 2.79 bits per heavy atom. The van der Waals surface area contributed by atoms with Gasteiger partial charge in [0.15, 0.2) is 5.69 Å². The maximum absolute atomic E-state index is 12.1. The summed E-state index contributed by atoms with van der Waals surface area (Å²) in [5.74, 6) is -0.546. The summed E-state index contributed by atoms with van der Waals surface area (Å²) in [5.41, 5.74) is 0.972. The fourth-order valence-corrected chi connectivity index (χ4v) is 1.67. The van der Waals surface area contributed by atoms with Crippen LogP contribution in [0.5, 0.6) is 0 Å². The fourth-order valence-electron chi connectivity index (χ4n) is 1.48. The molecule has 2 aromatic rings. The first-order valence-corrected chi connectivity index (χ1v) is 5.62. The highest BCUT2D eigenvalue weighted by Crippen LogP contribution is 2.17. The van der Waals surface area contributed by atoms with Gasteiger partial charge in [0.25, 0.3) is 0 Å². The molecule has 0 spiro atoms. The third-order valence-electron chi connectivity index (χ3n) is 2.24. The maximum Gasteiger partial charge on any atom is 0.364 e. The number of hydrogen-bond donors (Lipinski definition) is 2. The minimum atomic E-state index is -0.828. The van der Waals surface area contributed by atoms with Crippen molar-refractivity contribution in [3.8, 4) is 11.3 Å². The quantitative estimate of drug-likeness (QED) is 0.829. The van der Waals surface area contributed by atoms with Crippen molar-refractivity contribution in [1.82, 2.24) is 14.9 Å². The van der Waals surface area contributed by atoms with E-state index in [4.69, 9.17) is 11.6 Å². The lowest BCUT2D eigenvalue weighted by atomic mass is 10.2. The zero-order valence-electron chi connectivity index (χ0n) is 9.81. The molecular weight excluding hydrogens is 272 g/mol. The van der Waals surface area contributed by atoms with Crippen LogP contribution >= 0.6 is 11.6 Å². The van der Waals surface area contributed by atoms with Crippen LogP contribution in [0, 0.1) is 0 Å². The van der Waals surface area contributed by atoms with Gasteiger partial charge in [0.1, 0.15) is 0 Å². The number of rotatable bonds is 2. The Hall–Kier alpha value is -2.41. The second-order valence-corrected chi connectivity index (χ2v) is 4.13. The molecule has 1 aromatic heterocycles. The van der Waals surface area contributed by atoms with Crippen LogP contribution < -0.4 is 16.7 Å². The molecule has 1 amide bonds. The molecule has 0 fully saturated rings. The van der Waals surface area contributed by atoms with Crippen molar-refractivity contribution < 1.29 is 4.79 Å². The minimum absolute atomic E-state index is 0.0177. The molecule has 1 heterocycles. The molecule has 0 unspecified atom stereocenters. The molecule has 1 aromatic carbocycles. The SMILES string of the molecule is CC(=O)Nn1c(=O)[nH]nc(-c2cccc(Cl)c2)c1=O. The normalized spacial score (nSPS) is 10.2. The lowest BCUT2D eigenvalue weighted by Crippen LogP contribution is -2.44. The van der Waals surface area contributed by atoms with E-state index in [1.165, 1.54) is 13.0 Å². The maximum atomic E-state index is 12.1. The zero-order valence-corrected chi connectivity index (χ0v) is 10.6. The first-order valence-electron chi connectivity index (χ1n) is 5.24. The smallest absolute Gasteiger partial charge is 0.274 e. The average molecular weight is 281 g/mol. The largest absolute Gasteiger partial charge is 0.364 e. The lowest BCUT2D eigenvalue weighted by Gasteiger charge is -2.06. The van der Waals surface area contributed by atoms with E-state index in [-0.39, 0.29) is 5.69 Å². The summed E-state index contributed by atoms with van der Waals surface area (Å²) in [6.07, 6.45) is 0. The second-order valence-electron chi connectivity index (χ2n) is 3.70. The van der Waals surface area contributed by atoms with Gasteiger partial charge in [0.05, 0.1) is 0 Å². The third-order valence-corrected chi connectivity index (χ3v) is 2.47. The second kappa shape index (κ2) is 5.07. The van der Waals surface area contributed by atoms with Gasteiger partial charge in [-0.25, -0.2) is 9.89 Å². The highest BCUT2D eigenvalue weighted by Gasteiger charge is 2.12. The van der Waals surface area contributed by atoms with Crippen LogP contribution in [0.25, 0.3) is 11.3 Å². The first kappa shape index (κ1) is 13.0. The van der Waals surface area contributed by atoms with Gasteiger partial charge in [-0.3, -0.25) is 15.0 Å². The molecule has 0 aliphatic heterocycles. The summed E-state index contributed by atoms with van der Waals surface area (Å²) in [5, 5.41) is 6.24. The van der Waals surface area contributed by atoms with E-state index in [1.54, 1.807) is 18.2 Å². The van der Waals surface area contributed by atoms with Gasteiger partial charge in [0.2, 0.25) is 5.91 Å². The van der Waals surface area contributed by atoms with E-state index in [0.717, 1.165) is 0 Å². The van der Waals surface area contributed by atoms with Crippen LogP contribution in [-0.4, -0.2) is 20.8 Å². The first-order chi connectivity index (χ1) is 8.99. The van der Waals surface area contributed by atoms with Gasteiger partial charge < -0.3 is 0 Å². The van der Waals surface area contributed by atoms with E-state index in [2.05, 4.69) is 15.6 Å². The molecule has 7 nitrogen and oxygen atoms in total. The summed E-state index contributed by atoms with van der Waals surface area (Å²) >= 11 is 5.82. The van der Waals surface area contributed by atoms with E-state index in [1.807, 2.05) is 0 Å². The van der Waals surface area contributed by atoms with E-state index < -0.39 is 17.2 Å². The predicted molar refractivity (Wildman–Crippen MR) is 69.6 cm³/mol. The van der Waals surface area contributed by atoms with Gasteiger partial charge in [0, 0.05) is 17.5 Å². The minimum Gasteiger partial charge on any atom is -0.274 e. The number of nitrogens with zero attached hydrogens (tertiary/aromatic N) is 2. The van der Waals surface area contributed by atoms with Crippen molar-refractivity contribution >= 4 is 17.5 Å². The number of aromatic amines is 1. The fraction of sp³-hybridized carbons (Fsp3) is 0.0909. The molecule has 2 rings (SSSR count). The Labute approximate surface area is 111 Å². The monoisotopic (exact) mass is 280 g/mol. The Morgan fingerprint density at radius 1 is 1.42 bits per heavy atom. The molecule has 2 N–H and O–H groups in total. The molecule has 0 radical (unpaired) electrons. The number of halogens is 1. The van der Waals surface area contributed by atoms with E-state index in [0.29, 0.717) is 15.3 Å². The van der Waals surface area contributed by atoms with Crippen molar-refractivity contribution in [3.05, 3.63) is 50.1 Å². The van der Waals surface area contributed by atoms with Crippen molar-refractivity contribution in [2.45, 2.75) is 6.92 Å². The molecule has 0 aliphatic carbocycles. The Kier molecular flexibility index (Phi) is 3.48. The Balaban J connectivity index is 2.64. The van der Waals surface area contributed by atoms with E-state index in [9.17, 15) is 14.4 Å². The van der Waals surface area contributed by atoms with Gasteiger partial charge in [-0.1, -0.05) is 23.7 Å². The number of carbonyl (C=O) groups is 1. The number of nitrogens with one attached hydrogen (secondary N) is 2. The van der Waals surface area contributed by atoms with Gasteiger partial charge >= 0.3 is 11.2 Å². The predicted octanol–water partition coefficient (Wildman–Crippen LogP) is 0.342. The molecule has 0 saturated carbocycles. The van der Waals surface area contributed by atoms with Crippen molar-refractivity contribution in [3.63, 3.8) is 0 Å². The lowest BCUT2D eigenvalue weighted by molar-refractivity contribution is -0.115. The highest BCUT2D eigenvalue weighted by molar-refractivity contribution is 6.30. The molecule has 0 atom stereocenters. The van der Waals surface area contributed by atoms with Gasteiger partial charge in [-0.15, -0.1) is 0 Å². The zero-order chi connectivity index (χ0) is 14.0. The molecule has 98 valence electrons. The van der Waals surface area contributed by atoms with Crippen molar-refractivity contribution in [2.75, 3.05) is 5.43 Å². The number of aromatic nitrogens is 3. The Bertz CT molecular complexity index is 750. The molecule has 8 heteroatoms. The summed E-state index contributed by atoms with van der Waals surface area (Å²) in [6.45, 7) is 1.19. The number of hydrogen-bond acceptors (Lipinski definition) is 4. The summed E-state index contributed by atoms with van der Waals surface area (Å²) < 4.78 is 0.561. The van der Waals surface area contributed by atoms with Crippen LogP contribution in [0.15, 0.2) is 33.9 Å². The van der Waals surface area contributed by atoms with Crippen LogP contribution in [0.2, 0.25) is 5.02 Å². The van der Waals surface area contributed by atoms with Crippen LogP contribution in [0.3, 0.4) is 0 Å². The molecule has 0 saturated heterocycles. The van der Waals surface area contributed by atoms with Gasteiger partial charge in [-0.05, 0) is 12.1 Å². The number of H-pyrrole nitrogens is 1. The van der Waals surface area contributed by atoms with Crippen LogP contribution in [0.1, 0.15) is 6.92 Å². The standard InChI is InChI=1S/C11H9ClN4O3/c1-6(17)15-16-10(18)9(13-14-11(16)19)7-3-2-4-8(12)5-7/h2-5H,1H3,(H,14,19)(H,15,17). The third kappa shape index (κ3) is 2.71. The summed E-state index contributed by atoms with van der Waals surface area (Å²) in [7, 11) is 0. The van der Waals surface area contributed by atoms with E-state index >= 15 is 0 Å². The number of benzene rings is 1. The van der Waals surface area contributed by atoms with Crippen molar-refractivity contribution in [1.29, 1.82) is 0 Å². The highest BCUT2D eigenvalue weighted by atomic mass is 35.5. The average Bonchev–Trinajstić information content (AvgIpc) is 2.34. The molecule has 0 aliphatic rings.